The van der Waals surface area contributed by atoms with Crippen LogP contribution in [0.4, 0.5) is 0 Å². The number of phenolic OH excluding ortho intramolecular Hbond substituents is 1. The average molecular weight is 379 g/mol. The molecule has 0 aliphatic carbocycles. The molecule has 1 aliphatic heterocycles. The second kappa shape index (κ2) is 7.46. The summed E-state index contributed by atoms with van der Waals surface area (Å²) in [7, 11) is 3.10. The number of nitrogens with one attached hydrogen (secondary N) is 1. The van der Waals surface area contributed by atoms with E-state index in [0.717, 1.165) is 16.7 Å². The molecule has 2 aromatic carbocycles. The van der Waals surface area contributed by atoms with Crippen molar-refractivity contribution in [1.29, 1.82) is 0 Å². The minimum Gasteiger partial charge on any atom is -0.508 e. The maximum absolute atomic E-state index is 13.2. The summed E-state index contributed by atoms with van der Waals surface area (Å²) in [6, 6.07) is 16.3. The number of rotatable bonds is 6. The largest absolute Gasteiger partial charge is 0.508 e. The van der Waals surface area contributed by atoms with Gasteiger partial charge in [0.05, 0.1) is 18.3 Å². The van der Waals surface area contributed by atoms with Crippen molar-refractivity contribution in [3.05, 3.63) is 71.4 Å². The SMILES string of the molecule is COC(CN1C(=O)c2[nH]nc(-c3ccc(O)cc3)c2C1c1ccccc1)OC. The highest BCUT2D eigenvalue weighted by Gasteiger charge is 2.43. The summed E-state index contributed by atoms with van der Waals surface area (Å²) in [5, 5.41) is 16.9. The fraction of sp³-hybridized carbons (Fsp3) is 0.238. The van der Waals surface area contributed by atoms with Crippen molar-refractivity contribution in [2.24, 2.45) is 0 Å². The molecule has 144 valence electrons. The first kappa shape index (κ1) is 18.2. The van der Waals surface area contributed by atoms with Gasteiger partial charge in [-0.25, -0.2) is 0 Å². The van der Waals surface area contributed by atoms with Gasteiger partial charge in [-0.2, -0.15) is 5.10 Å². The lowest BCUT2D eigenvalue weighted by molar-refractivity contribution is -0.113. The minimum atomic E-state index is -0.538. The monoisotopic (exact) mass is 379 g/mol. The van der Waals surface area contributed by atoms with E-state index in [1.807, 2.05) is 30.3 Å². The van der Waals surface area contributed by atoms with Crippen molar-refractivity contribution in [2.45, 2.75) is 12.3 Å². The van der Waals surface area contributed by atoms with E-state index < -0.39 is 6.29 Å². The first-order valence-corrected chi connectivity index (χ1v) is 8.93. The summed E-state index contributed by atoms with van der Waals surface area (Å²) in [6.45, 7) is 0.281. The average Bonchev–Trinajstić information content (AvgIpc) is 3.26. The zero-order chi connectivity index (χ0) is 19.7. The van der Waals surface area contributed by atoms with E-state index in [-0.39, 0.29) is 24.2 Å². The normalized spacial score (nSPS) is 16.0. The zero-order valence-electron chi connectivity index (χ0n) is 15.6. The molecule has 0 spiro atoms. The van der Waals surface area contributed by atoms with Gasteiger partial charge in [-0.15, -0.1) is 0 Å². The number of ether oxygens (including phenoxy) is 2. The molecule has 7 heteroatoms. The quantitative estimate of drug-likeness (QED) is 0.643. The predicted octanol–water partition coefficient (Wildman–Crippen LogP) is 2.95. The van der Waals surface area contributed by atoms with Gasteiger partial charge in [-0.1, -0.05) is 30.3 Å². The molecule has 0 saturated heterocycles. The van der Waals surface area contributed by atoms with E-state index in [1.165, 1.54) is 0 Å². The maximum atomic E-state index is 13.2. The van der Waals surface area contributed by atoms with E-state index >= 15 is 0 Å². The third-order valence-corrected chi connectivity index (χ3v) is 4.99. The number of aromatic nitrogens is 2. The molecule has 1 amide bonds. The van der Waals surface area contributed by atoms with Crippen LogP contribution < -0.4 is 0 Å². The van der Waals surface area contributed by atoms with Gasteiger partial charge in [0.25, 0.3) is 5.91 Å². The van der Waals surface area contributed by atoms with Gasteiger partial charge in [0.15, 0.2) is 6.29 Å². The molecule has 2 N–H and O–H groups in total. The number of carbonyl (C=O) groups is 1. The Morgan fingerprint density at radius 1 is 1.11 bits per heavy atom. The standard InChI is InChI=1S/C21H21N3O4/c1-27-16(28-2)12-24-20(14-6-4-3-5-7-14)17-18(22-23-19(17)21(24)26)13-8-10-15(25)11-9-13/h3-11,16,20,25H,12H2,1-2H3,(H,22,23). The fourth-order valence-electron chi connectivity index (χ4n) is 3.61. The lowest BCUT2D eigenvalue weighted by Gasteiger charge is -2.29. The lowest BCUT2D eigenvalue weighted by atomic mass is 9.96. The molecule has 28 heavy (non-hydrogen) atoms. The summed E-state index contributed by atoms with van der Waals surface area (Å²) in [6.07, 6.45) is -0.538. The lowest BCUT2D eigenvalue weighted by Crippen LogP contribution is -2.38. The molecule has 1 atom stereocenters. The van der Waals surface area contributed by atoms with Crippen molar-refractivity contribution in [2.75, 3.05) is 20.8 Å². The number of hydrogen-bond acceptors (Lipinski definition) is 5. The Hall–Kier alpha value is -3.16. The molecule has 2 heterocycles. The number of aromatic amines is 1. The first-order valence-electron chi connectivity index (χ1n) is 8.93. The molecule has 0 fully saturated rings. The van der Waals surface area contributed by atoms with Crippen molar-refractivity contribution >= 4 is 5.91 Å². The molecule has 0 saturated carbocycles. The second-order valence-electron chi connectivity index (χ2n) is 6.58. The Balaban J connectivity index is 1.83. The molecular weight excluding hydrogens is 358 g/mol. The summed E-state index contributed by atoms with van der Waals surface area (Å²) in [5.74, 6) is 0.0248. The van der Waals surface area contributed by atoms with Crippen LogP contribution in [-0.4, -0.2) is 53.2 Å². The third kappa shape index (κ3) is 3.04. The number of fused-ring (bicyclic) bond motifs is 1. The zero-order valence-corrected chi connectivity index (χ0v) is 15.6. The third-order valence-electron chi connectivity index (χ3n) is 4.99. The van der Waals surface area contributed by atoms with Gasteiger partial charge < -0.3 is 19.5 Å². The van der Waals surface area contributed by atoms with Crippen LogP contribution in [0.15, 0.2) is 54.6 Å². The number of H-pyrrole nitrogens is 1. The number of aromatic hydroxyl groups is 1. The number of hydrogen-bond donors (Lipinski definition) is 2. The fourth-order valence-corrected chi connectivity index (χ4v) is 3.61. The summed E-state index contributed by atoms with van der Waals surface area (Å²) in [5.41, 5.74) is 3.75. The van der Waals surface area contributed by atoms with Crippen molar-refractivity contribution in [3.63, 3.8) is 0 Å². The van der Waals surface area contributed by atoms with E-state index in [0.29, 0.717) is 11.4 Å². The van der Waals surface area contributed by atoms with Gasteiger partial charge >= 0.3 is 0 Å². The molecule has 0 bridgehead atoms. The molecule has 4 rings (SSSR count). The maximum Gasteiger partial charge on any atom is 0.273 e. The highest BCUT2D eigenvalue weighted by atomic mass is 16.7. The van der Waals surface area contributed by atoms with Crippen LogP contribution in [0, 0.1) is 0 Å². The summed E-state index contributed by atoms with van der Waals surface area (Å²) < 4.78 is 10.7. The second-order valence-corrected chi connectivity index (χ2v) is 6.58. The predicted molar refractivity (Wildman–Crippen MR) is 103 cm³/mol. The van der Waals surface area contributed by atoms with Gasteiger partial charge in [0.1, 0.15) is 11.4 Å². The van der Waals surface area contributed by atoms with Crippen molar-refractivity contribution < 1.29 is 19.4 Å². The molecular formula is C21H21N3O4. The number of nitrogens with zero attached hydrogens (tertiary/aromatic N) is 2. The minimum absolute atomic E-state index is 0.152. The number of benzene rings is 2. The van der Waals surface area contributed by atoms with Crippen LogP contribution in [0.1, 0.15) is 27.7 Å². The first-order chi connectivity index (χ1) is 13.6. The van der Waals surface area contributed by atoms with Crippen LogP contribution in [0.5, 0.6) is 5.75 Å². The van der Waals surface area contributed by atoms with Crippen LogP contribution in [0.25, 0.3) is 11.3 Å². The molecule has 7 nitrogen and oxygen atoms in total. The number of phenols is 1. The van der Waals surface area contributed by atoms with Crippen molar-refractivity contribution in [1.82, 2.24) is 15.1 Å². The smallest absolute Gasteiger partial charge is 0.273 e. The molecule has 3 aromatic rings. The molecule has 0 radical (unpaired) electrons. The van der Waals surface area contributed by atoms with Crippen LogP contribution >= 0.6 is 0 Å². The van der Waals surface area contributed by atoms with Crippen LogP contribution in [-0.2, 0) is 9.47 Å². The van der Waals surface area contributed by atoms with Crippen LogP contribution in [0.2, 0.25) is 0 Å². The van der Waals surface area contributed by atoms with E-state index in [1.54, 1.807) is 43.4 Å². The molecule has 1 unspecified atom stereocenters. The van der Waals surface area contributed by atoms with Gasteiger partial charge in [-0.3, -0.25) is 9.89 Å². The summed E-state index contributed by atoms with van der Waals surface area (Å²) in [4.78, 5) is 14.9. The van der Waals surface area contributed by atoms with Gasteiger partial charge in [0, 0.05) is 25.3 Å². The van der Waals surface area contributed by atoms with E-state index in [2.05, 4.69) is 10.2 Å². The highest BCUT2D eigenvalue weighted by molar-refractivity contribution is 6.00. The Morgan fingerprint density at radius 2 is 1.79 bits per heavy atom. The van der Waals surface area contributed by atoms with Crippen LogP contribution in [0.3, 0.4) is 0 Å². The van der Waals surface area contributed by atoms with E-state index in [9.17, 15) is 9.90 Å². The number of amides is 1. The number of carbonyl (C=O) groups excluding carboxylic acids is 1. The Morgan fingerprint density at radius 3 is 2.43 bits per heavy atom. The van der Waals surface area contributed by atoms with E-state index in [4.69, 9.17) is 9.47 Å². The Labute approximate surface area is 162 Å². The topological polar surface area (TPSA) is 87.7 Å². The summed E-state index contributed by atoms with van der Waals surface area (Å²) >= 11 is 0. The van der Waals surface area contributed by atoms with Gasteiger partial charge in [0.2, 0.25) is 0 Å². The Bertz CT molecular complexity index is 965. The molecule has 1 aromatic heterocycles. The molecule has 1 aliphatic rings. The van der Waals surface area contributed by atoms with Crippen molar-refractivity contribution in [3.8, 4) is 17.0 Å². The highest BCUT2D eigenvalue weighted by Crippen LogP contribution is 2.42. The van der Waals surface area contributed by atoms with Gasteiger partial charge in [-0.05, 0) is 29.8 Å². The Kier molecular flexibility index (Phi) is 4.85. The number of methoxy groups -OCH3 is 2.